The molecule has 1 aromatic heterocycles. The maximum absolute atomic E-state index is 11.5. The highest BCUT2D eigenvalue weighted by molar-refractivity contribution is 5.99. The van der Waals surface area contributed by atoms with E-state index in [1.807, 2.05) is 0 Å². The summed E-state index contributed by atoms with van der Waals surface area (Å²) < 4.78 is 1.05. The van der Waals surface area contributed by atoms with Gasteiger partial charge < -0.3 is 11.5 Å². The molecule has 0 spiro atoms. The minimum atomic E-state index is -0.669. The number of nitrogens with two attached hydrogens (primary N) is 2. The number of nitrogens with zero attached hydrogens (tertiary/aromatic N) is 2. The van der Waals surface area contributed by atoms with Crippen LogP contribution in [-0.2, 0) is 0 Å². The van der Waals surface area contributed by atoms with E-state index in [0.29, 0.717) is 0 Å². The molecule has 0 atom stereocenters. The van der Waals surface area contributed by atoms with Crippen molar-refractivity contribution in [2.45, 2.75) is 12.8 Å². The summed E-state index contributed by atoms with van der Waals surface area (Å²) in [6.07, 6.45) is 2.95. The number of nitrogen functional groups attached to an aromatic ring is 1. The van der Waals surface area contributed by atoms with Crippen LogP contribution in [0.2, 0.25) is 0 Å². The predicted octanol–water partition coefficient (Wildman–Crippen LogP) is -0.386. The standard InChI is InChI=1S/C8H10N4O2/c9-6-5(7(10)13)3-11-12(6)8(14)4-1-2-4/h3-4H,1-2,9H2,(H2,10,13). The summed E-state index contributed by atoms with van der Waals surface area (Å²) in [6.45, 7) is 0. The Morgan fingerprint density at radius 2 is 2.14 bits per heavy atom. The van der Waals surface area contributed by atoms with Crippen LogP contribution in [0, 0.1) is 5.92 Å². The van der Waals surface area contributed by atoms with Crippen molar-refractivity contribution in [1.29, 1.82) is 0 Å². The van der Waals surface area contributed by atoms with Crippen molar-refractivity contribution in [3.8, 4) is 0 Å². The highest BCUT2D eigenvalue weighted by Gasteiger charge is 2.33. The molecular weight excluding hydrogens is 184 g/mol. The van der Waals surface area contributed by atoms with Crippen molar-refractivity contribution in [1.82, 2.24) is 9.78 Å². The van der Waals surface area contributed by atoms with Crippen LogP contribution < -0.4 is 11.5 Å². The second-order valence-corrected chi connectivity index (χ2v) is 3.33. The molecule has 1 aliphatic carbocycles. The summed E-state index contributed by atoms with van der Waals surface area (Å²) in [4.78, 5) is 22.4. The van der Waals surface area contributed by atoms with Gasteiger partial charge in [0, 0.05) is 5.92 Å². The summed E-state index contributed by atoms with van der Waals surface area (Å²) in [5, 5.41) is 3.74. The highest BCUT2D eigenvalue weighted by Crippen LogP contribution is 2.31. The smallest absolute Gasteiger partial charge is 0.254 e. The van der Waals surface area contributed by atoms with Crippen LogP contribution >= 0.6 is 0 Å². The monoisotopic (exact) mass is 194 g/mol. The molecule has 4 N–H and O–H groups in total. The van der Waals surface area contributed by atoms with Gasteiger partial charge in [0.15, 0.2) is 0 Å². The zero-order valence-corrected chi connectivity index (χ0v) is 7.43. The number of anilines is 1. The fourth-order valence-corrected chi connectivity index (χ4v) is 1.23. The maximum atomic E-state index is 11.5. The van der Waals surface area contributed by atoms with Crippen molar-refractivity contribution in [2.75, 3.05) is 5.73 Å². The molecular formula is C8H10N4O2. The Kier molecular flexibility index (Phi) is 1.77. The summed E-state index contributed by atoms with van der Waals surface area (Å²) in [7, 11) is 0. The molecule has 6 nitrogen and oxygen atoms in total. The van der Waals surface area contributed by atoms with E-state index in [1.165, 1.54) is 6.20 Å². The van der Waals surface area contributed by atoms with Gasteiger partial charge in [-0.05, 0) is 12.8 Å². The molecule has 0 saturated heterocycles. The van der Waals surface area contributed by atoms with Crippen LogP contribution in [0.3, 0.4) is 0 Å². The number of amides is 1. The third kappa shape index (κ3) is 1.24. The van der Waals surface area contributed by atoms with Crippen molar-refractivity contribution < 1.29 is 9.59 Å². The molecule has 2 rings (SSSR count). The zero-order valence-electron chi connectivity index (χ0n) is 7.43. The summed E-state index contributed by atoms with van der Waals surface area (Å²) >= 11 is 0. The Hall–Kier alpha value is -1.85. The van der Waals surface area contributed by atoms with Gasteiger partial charge in [0.05, 0.1) is 6.20 Å². The molecule has 0 bridgehead atoms. The fraction of sp³-hybridized carbons (Fsp3) is 0.375. The van der Waals surface area contributed by atoms with Gasteiger partial charge in [0.25, 0.3) is 11.8 Å². The SMILES string of the molecule is NC(=O)c1cnn(C(=O)C2CC2)c1N. The lowest BCUT2D eigenvalue weighted by atomic mass is 10.3. The number of carbonyl (C=O) groups is 2. The van der Waals surface area contributed by atoms with Gasteiger partial charge in [-0.15, -0.1) is 0 Å². The second kappa shape index (κ2) is 2.83. The number of aromatic nitrogens is 2. The molecule has 6 heteroatoms. The molecule has 14 heavy (non-hydrogen) atoms. The number of hydrogen-bond acceptors (Lipinski definition) is 4. The van der Waals surface area contributed by atoms with E-state index in [2.05, 4.69) is 5.10 Å². The Morgan fingerprint density at radius 3 is 2.57 bits per heavy atom. The van der Waals surface area contributed by atoms with Crippen LogP contribution in [0.4, 0.5) is 5.82 Å². The number of hydrogen-bond donors (Lipinski definition) is 2. The van der Waals surface area contributed by atoms with Gasteiger partial charge in [-0.1, -0.05) is 0 Å². The van der Waals surface area contributed by atoms with E-state index >= 15 is 0 Å². The van der Waals surface area contributed by atoms with E-state index < -0.39 is 5.91 Å². The minimum Gasteiger partial charge on any atom is -0.383 e. The van der Waals surface area contributed by atoms with Crippen LogP contribution in [-0.4, -0.2) is 21.6 Å². The largest absolute Gasteiger partial charge is 0.383 e. The Balaban J connectivity index is 2.34. The molecule has 1 aromatic rings. The number of primary amides is 1. The van der Waals surface area contributed by atoms with Crippen LogP contribution in [0.1, 0.15) is 28.0 Å². The molecule has 74 valence electrons. The quantitative estimate of drug-likeness (QED) is 0.669. The zero-order chi connectivity index (χ0) is 10.3. The Labute approximate surface area is 79.9 Å². The maximum Gasteiger partial charge on any atom is 0.254 e. The Bertz CT molecular complexity index is 405. The summed E-state index contributed by atoms with van der Waals surface area (Å²) in [6, 6.07) is 0. The molecule has 1 fully saturated rings. The van der Waals surface area contributed by atoms with E-state index in [9.17, 15) is 9.59 Å². The van der Waals surface area contributed by atoms with Crippen molar-refractivity contribution in [3.05, 3.63) is 11.8 Å². The summed E-state index contributed by atoms with van der Waals surface area (Å²) in [5.41, 5.74) is 10.7. The van der Waals surface area contributed by atoms with Gasteiger partial charge in [-0.2, -0.15) is 9.78 Å². The van der Waals surface area contributed by atoms with E-state index in [4.69, 9.17) is 11.5 Å². The van der Waals surface area contributed by atoms with Crippen LogP contribution in [0.25, 0.3) is 0 Å². The lowest BCUT2D eigenvalue weighted by Gasteiger charge is -2.00. The fourth-order valence-electron chi connectivity index (χ4n) is 1.23. The van der Waals surface area contributed by atoms with Crippen molar-refractivity contribution >= 4 is 17.6 Å². The van der Waals surface area contributed by atoms with Crippen molar-refractivity contribution in [2.24, 2.45) is 11.7 Å². The lowest BCUT2D eigenvalue weighted by Crippen LogP contribution is -2.19. The highest BCUT2D eigenvalue weighted by atomic mass is 16.2. The van der Waals surface area contributed by atoms with Crippen molar-refractivity contribution in [3.63, 3.8) is 0 Å². The predicted molar refractivity (Wildman–Crippen MR) is 48.5 cm³/mol. The van der Waals surface area contributed by atoms with E-state index in [-0.39, 0.29) is 23.2 Å². The van der Waals surface area contributed by atoms with Gasteiger partial charge >= 0.3 is 0 Å². The molecule has 0 radical (unpaired) electrons. The molecule has 1 amide bonds. The topological polar surface area (TPSA) is 104 Å². The number of rotatable bonds is 2. The van der Waals surface area contributed by atoms with E-state index in [1.54, 1.807) is 0 Å². The molecule has 1 saturated carbocycles. The third-order valence-electron chi connectivity index (χ3n) is 2.21. The van der Waals surface area contributed by atoms with Crippen LogP contribution in [0.15, 0.2) is 6.20 Å². The third-order valence-corrected chi connectivity index (χ3v) is 2.21. The first-order chi connectivity index (χ1) is 6.61. The second-order valence-electron chi connectivity index (χ2n) is 3.33. The minimum absolute atomic E-state index is 0.0120. The first-order valence-corrected chi connectivity index (χ1v) is 4.28. The molecule has 1 heterocycles. The average molecular weight is 194 g/mol. The lowest BCUT2D eigenvalue weighted by molar-refractivity contribution is 0.0873. The first kappa shape index (κ1) is 8.74. The molecule has 0 aromatic carbocycles. The average Bonchev–Trinajstić information content (AvgIpc) is 2.88. The van der Waals surface area contributed by atoms with E-state index in [0.717, 1.165) is 17.5 Å². The molecule has 0 aliphatic heterocycles. The van der Waals surface area contributed by atoms with Gasteiger partial charge in [-0.3, -0.25) is 9.59 Å². The molecule has 0 unspecified atom stereocenters. The molecule has 1 aliphatic rings. The Morgan fingerprint density at radius 1 is 1.50 bits per heavy atom. The number of carbonyl (C=O) groups excluding carboxylic acids is 2. The van der Waals surface area contributed by atoms with Gasteiger partial charge in [0.2, 0.25) is 0 Å². The normalized spacial score (nSPS) is 15.4. The van der Waals surface area contributed by atoms with Gasteiger partial charge in [-0.25, -0.2) is 0 Å². The first-order valence-electron chi connectivity index (χ1n) is 4.28. The summed E-state index contributed by atoms with van der Waals surface area (Å²) in [5.74, 6) is -0.778. The van der Waals surface area contributed by atoms with Gasteiger partial charge in [0.1, 0.15) is 11.4 Å². The van der Waals surface area contributed by atoms with Crippen LogP contribution in [0.5, 0.6) is 0 Å².